The Morgan fingerprint density at radius 2 is 2.14 bits per heavy atom. The smallest absolute Gasteiger partial charge is 0.122 e. The molecule has 1 aliphatic heterocycles. The molecule has 0 saturated heterocycles. The molecular weight excluding hydrogens is 262 g/mol. The van der Waals surface area contributed by atoms with Crippen molar-refractivity contribution < 1.29 is 4.74 Å². The largest absolute Gasteiger partial charge is 0.493 e. The summed E-state index contributed by atoms with van der Waals surface area (Å²) in [6.07, 6.45) is 1.95. The summed E-state index contributed by atoms with van der Waals surface area (Å²) < 4.78 is 7.89. The van der Waals surface area contributed by atoms with Crippen LogP contribution >= 0.6 is 0 Å². The highest BCUT2D eigenvalue weighted by atomic mass is 16.5. The van der Waals surface area contributed by atoms with Crippen molar-refractivity contribution >= 4 is 0 Å². The van der Waals surface area contributed by atoms with Crippen LogP contribution in [-0.2, 0) is 13.0 Å². The number of hydrogen-bond donors (Lipinski definition) is 1. The SMILES string of the molecule is Cc1nn(CC2CCOc3ccccc32)c(C)c1CCN. The maximum Gasteiger partial charge on any atom is 0.122 e. The van der Waals surface area contributed by atoms with Crippen molar-refractivity contribution in [2.45, 2.75) is 39.2 Å². The Morgan fingerprint density at radius 3 is 2.95 bits per heavy atom. The van der Waals surface area contributed by atoms with Gasteiger partial charge in [0.05, 0.1) is 12.3 Å². The molecule has 0 bridgehead atoms. The molecule has 3 rings (SSSR count). The van der Waals surface area contributed by atoms with Gasteiger partial charge in [-0.15, -0.1) is 0 Å². The highest BCUT2D eigenvalue weighted by Gasteiger charge is 2.23. The third kappa shape index (κ3) is 2.68. The summed E-state index contributed by atoms with van der Waals surface area (Å²) in [6.45, 7) is 6.60. The van der Waals surface area contributed by atoms with E-state index in [0.717, 1.165) is 37.4 Å². The quantitative estimate of drug-likeness (QED) is 0.939. The lowest BCUT2D eigenvalue weighted by Crippen LogP contribution is -2.19. The monoisotopic (exact) mass is 285 g/mol. The van der Waals surface area contributed by atoms with E-state index in [1.807, 2.05) is 6.07 Å². The number of aromatic nitrogens is 2. The Kier molecular flexibility index (Phi) is 3.97. The molecule has 1 atom stereocenters. The van der Waals surface area contributed by atoms with Crippen LogP contribution in [0.4, 0.5) is 0 Å². The highest BCUT2D eigenvalue weighted by Crippen LogP contribution is 2.34. The van der Waals surface area contributed by atoms with Crippen molar-refractivity contribution in [2.75, 3.05) is 13.2 Å². The summed E-state index contributed by atoms with van der Waals surface area (Å²) in [4.78, 5) is 0. The Balaban J connectivity index is 1.87. The van der Waals surface area contributed by atoms with Gasteiger partial charge >= 0.3 is 0 Å². The van der Waals surface area contributed by atoms with E-state index >= 15 is 0 Å². The molecule has 1 aromatic carbocycles. The number of ether oxygens (including phenoxy) is 1. The maximum atomic E-state index is 5.74. The zero-order valence-corrected chi connectivity index (χ0v) is 12.8. The van der Waals surface area contributed by atoms with E-state index in [0.29, 0.717) is 12.5 Å². The van der Waals surface area contributed by atoms with Crippen LogP contribution < -0.4 is 10.5 Å². The van der Waals surface area contributed by atoms with Crippen LogP contribution in [0.25, 0.3) is 0 Å². The molecule has 0 amide bonds. The molecule has 2 heterocycles. The summed E-state index contributed by atoms with van der Waals surface area (Å²) >= 11 is 0. The predicted molar refractivity (Wildman–Crippen MR) is 83.8 cm³/mol. The number of hydrogen-bond acceptors (Lipinski definition) is 3. The fourth-order valence-corrected chi connectivity index (χ4v) is 3.23. The first-order valence-electron chi connectivity index (χ1n) is 7.65. The lowest BCUT2D eigenvalue weighted by atomic mass is 9.93. The van der Waals surface area contributed by atoms with Gasteiger partial charge in [-0.1, -0.05) is 18.2 Å². The van der Waals surface area contributed by atoms with E-state index in [4.69, 9.17) is 15.6 Å². The minimum Gasteiger partial charge on any atom is -0.493 e. The zero-order valence-electron chi connectivity index (χ0n) is 12.8. The van der Waals surface area contributed by atoms with Gasteiger partial charge in [0.25, 0.3) is 0 Å². The molecule has 112 valence electrons. The normalized spacial score (nSPS) is 17.4. The Morgan fingerprint density at radius 1 is 1.33 bits per heavy atom. The van der Waals surface area contributed by atoms with Gasteiger partial charge in [0.1, 0.15) is 5.75 Å². The average Bonchev–Trinajstić information content (AvgIpc) is 2.76. The standard InChI is InChI=1S/C17H23N3O/c1-12-15(7-9-18)13(2)20(19-12)11-14-8-10-21-17-6-4-3-5-16(14)17/h3-6,14H,7-11,18H2,1-2H3. The molecule has 4 heteroatoms. The third-order valence-electron chi connectivity index (χ3n) is 4.40. The molecule has 0 saturated carbocycles. The van der Waals surface area contributed by atoms with Crippen molar-refractivity contribution in [3.05, 3.63) is 46.8 Å². The molecule has 21 heavy (non-hydrogen) atoms. The van der Waals surface area contributed by atoms with Gasteiger partial charge in [0.2, 0.25) is 0 Å². The van der Waals surface area contributed by atoms with Crippen LogP contribution in [-0.4, -0.2) is 22.9 Å². The number of benzene rings is 1. The second kappa shape index (κ2) is 5.90. The summed E-state index contributed by atoms with van der Waals surface area (Å²) in [5.41, 5.74) is 10.7. The van der Waals surface area contributed by atoms with Crippen molar-refractivity contribution in [1.82, 2.24) is 9.78 Å². The lowest BCUT2D eigenvalue weighted by molar-refractivity contribution is 0.256. The van der Waals surface area contributed by atoms with Crippen LogP contribution in [0.3, 0.4) is 0 Å². The fraction of sp³-hybridized carbons (Fsp3) is 0.471. The van der Waals surface area contributed by atoms with Crippen LogP contribution in [0.5, 0.6) is 5.75 Å². The van der Waals surface area contributed by atoms with Gasteiger partial charge in [0, 0.05) is 18.2 Å². The van der Waals surface area contributed by atoms with Crippen molar-refractivity contribution in [3.8, 4) is 5.75 Å². The second-order valence-electron chi connectivity index (χ2n) is 5.74. The van der Waals surface area contributed by atoms with Gasteiger partial charge in [-0.2, -0.15) is 5.10 Å². The van der Waals surface area contributed by atoms with Crippen LogP contribution in [0, 0.1) is 13.8 Å². The van der Waals surface area contributed by atoms with E-state index in [2.05, 4.69) is 36.7 Å². The second-order valence-corrected chi connectivity index (χ2v) is 5.74. The molecule has 0 fully saturated rings. The zero-order chi connectivity index (χ0) is 14.8. The first-order chi connectivity index (χ1) is 10.2. The van der Waals surface area contributed by atoms with Gasteiger partial charge in [-0.05, 0) is 50.4 Å². The Bertz CT molecular complexity index is 633. The number of para-hydroxylation sites is 1. The summed E-state index contributed by atoms with van der Waals surface area (Å²) in [6, 6.07) is 8.35. The van der Waals surface area contributed by atoms with Crippen LogP contribution in [0.1, 0.15) is 34.9 Å². The molecule has 1 unspecified atom stereocenters. The van der Waals surface area contributed by atoms with E-state index in [1.165, 1.54) is 16.8 Å². The molecule has 0 spiro atoms. The highest BCUT2D eigenvalue weighted by molar-refractivity contribution is 5.37. The minimum atomic E-state index is 0.471. The number of fused-ring (bicyclic) bond motifs is 1. The van der Waals surface area contributed by atoms with Gasteiger partial charge in [-0.3, -0.25) is 4.68 Å². The maximum absolute atomic E-state index is 5.74. The third-order valence-corrected chi connectivity index (χ3v) is 4.40. The van der Waals surface area contributed by atoms with E-state index in [9.17, 15) is 0 Å². The molecule has 4 nitrogen and oxygen atoms in total. The first kappa shape index (κ1) is 14.1. The van der Waals surface area contributed by atoms with Gasteiger partial charge < -0.3 is 10.5 Å². The number of nitrogens with two attached hydrogens (primary N) is 1. The predicted octanol–water partition coefficient (Wildman–Crippen LogP) is 2.57. The average molecular weight is 285 g/mol. The van der Waals surface area contributed by atoms with Crippen molar-refractivity contribution in [3.63, 3.8) is 0 Å². The van der Waals surface area contributed by atoms with Crippen molar-refractivity contribution in [1.29, 1.82) is 0 Å². The van der Waals surface area contributed by atoms with E-state index < -0.39 is 0 Å². The first-order valence-corrected chi connectivity index (χ1v) is 7.65. The molecule has 1 aliphatic rings. The van der Waals surface area contributed by atoms with Gasteiger partial charge in [0.15, 0.2) is 0 Å². The summed E-state index contributed by atoms with van der Waals surface area (Å²) in [5, 5.41) is 4.72. The summed E-state index contributed by atoms with van der Waals surface area (Å²) in [5.74, 6) is 1.50. The molecule has 0 radical (unpaired) electrons. The van der Waals surface area contributed by atoms with E-state index in [-0.39, 0.29) is 0 Å². The molecule has 1 aromatic heterocycles. The Labute approximate surface area is 125 Å². The van der Waals surface area contributed by atoms with Crippen molar-refractivity contribution in [2.24, 2.45) is 5.73 Å². The number of nitrogens with zero attached hydrogens (tertiary/aromatic N) is 2. The molecule has 2 aromatic rings. The topological polar surface area (TPSA) is 53.1 Å². The molecule has 2 N–H and O–H groups in total. The molecular formula is C17H23N3O. The van der Waals surface area contributed by atoms with E-state index in [1.54, 1.807) is 0 Å². The fourth-order valence-electron chi connectivity index (χ4n) is 3.23. The van der Waals surface area contributed by atoms with Crippen LogP contribution in [0.2, 0.25) is 0 Å². The number of rotatable bonds is 4. The Hall–Kier alpha value is -1.81. The van der Waals surface area contributed by atoms with Gasteiger partial charge in [-0.25, -0.2) is 0 Å². The minimum absolute atomic E-state index is 0.471. The number of aryl methyl sites for hydroxylation is 1. The summed E-state index contributed by atoms with van der Waals surface area (Å²) in [7, 11) is 0. The lowest BCUT2D eigenvalue weighted by Gasteiger charge is -2.26. The molecule has 0 aliphatic carbocycles. The van der Waals surface area contributed by atoms with Crippen LogP contribution in [0.15, 0.2) is 24.3 Å².